The van der Waals surface area contributed by atoms with Crippen molar-refractivity contribution in [3.05, 3.63) is 85.1 Å². The van der Waals surface area contributed by atoms with Gasteiger partial charge in [0.25, 0.3) is 0 Å². The second kappa shape index (κ2) is 61.1. The molecule has 420 valence electrons. The van der Waals surface area contributed by atoms with E-state index in [1.807, 2.05) is 0 Å². The van der Waals surface area contributed by atoms with Gasteiger partial charge in [-0.2, -0.15) is 0 Å². The fourth-order valence-electron chi connectivity index (χ4n) is 8.75. The van der Waals surface area contributed by atoms with Gasteiger partial charge in [-0.15, -0.1) is 0 Å². The monoisotopic (exact) mass is 1020 g/mol. The van der Waals surface area contributed by atoms with Crippen molar-refractivity contribution in [2.75, 3.05) is 13.2 Å². The van der Waals surface area contributed by atoms with Gasteiger partial charge in [-0.1, -0.05) is 279 Å². The van der Waals surface area contributed by atoms with Gasteiger partial charge in [0.2, 0.25) is 0 Å². The maximum Gasteiger partial charge on any atom is 0.306 e. The van der Waals surface area contributed by atoms with E-state index >= 15 is 0 Å². The topological polar surface area (TPSA) is 78.9 Å². The number of unbranched alkanes of at least 4 members (excludes halogenated alkanes) is 31. The molecule has 73 heavy (non-hydrogen) atoms. The molecule has 0 saturated heterocycles. The van der Waals surface area contributed by atoms with E-state index in [2.05, 4.69) is 106 Å². The summed E-state index contributed by atoms with van der Waals surface area (Å²) in [5.41, 5.74) is 0. The molecule has 0 aromatic carbocycles. The lowest BCUT2D eigenvalue weighted by Gasteiger charge is -2.18. The molecule has 0 heterocycles. The van der Waals surface area contributed by atoms with Crippen LogP contribution in [0.4, 0.5) is 0 Å². The van der Waals surface area contributed by atoms with E-state index < -0.39 is 6.10 Å². The molecule has 0 aromatic rings. The summed E-state index contributed by atoms with van der Waals surface area (Å²) in [7, 11) is 0. The fourth-order valence-corrected chi connectivity index (χ4v) is 8.75. The van der Waals surface area contributed by atoms with Crippen LogP contribution in [0.5, 0.6) is 0 Å². The Balaban J connectivity index is 4.42. The molecule has 0 radical (unpaired) electrons. The van der Waals surface area contributed by atoms with Crippen molar-refractivity contribution >= 4 is 17.9 Å². The normalized spacial score (nSPS) is 12.6. The Bertz CT molecular complexity index is 1400. The van der Waals surface area contributed by atoms with Crippen LogP contribution in [-0.2, 0) is 28.6 Å². The first kappa shape index (κ1) is 69.6. The molecule has 0 N–H and O–H groups in total. The highest BCUT2D eigenvalue weighted by molar-refractivity contribution is 5.71. The second-order valence-corrected chi connectivity index (χ2v) is 20.6. The van der Waals surface area contributed by atoms with Gasteiger partial charge in [-0.3, -0.25) is 14.4 Å². The Morgan fingerprint density at radius 1 is 0.288 bits per heavy atom. The lowest BCUT2D eigenvalue weighted by molar-refractivity contribution is -0.167. The van der Waals surface area contributed by atoms with E-state index in [1.54, 1.807) is 0 Å². The van der Waals surface area contributed by atoms with Crippen molar-refractivity contribution in [3.63, 3.8) is 0 Å². The molecule has 0 aliphatic heterocycles. The van der Waals surface area contributed by atoms with Gasteiger partial charge >= 0.3 is 17.9 Å². The van der Waals surface area contributed by atoms with Crippen molar-refractivity contribution in [1.82, 2.24) is 0 Å². The summed E-state index contributed by atoms with van der Waals surface area (Å²) < 4.78 is 16.9. The Labute approximate surface area is 452 Å². The molecule has 0 amide bonds. The third-order valence-corrected chi connectivity index (χ3v) is 13.4. The summed E-state index contributed by atoms with van der Waals surface area (Å²) in [4.78, 5) is 38.3. The maximum atomic E-state index is 12.9. The van der Waals surface area contributed by atoms with Crippen LogP contribution in [-0.4, -0.2) is 37.2 Å². The summed E-state index contributed by atoms with van der Waals surface area (Å²) in [6.07, 6.45) is 80.2. The van der Waals surface area contributed by atoms with E-state index in [1.165, 1.54) is 167 Å². The zero-order valence-electron chi connectivity index (χ0n) is 48.1. The quantitative estimate of drug-likeness (QED) is 0.0261. The van der Waals surface area contributed by atoms with Crippen LogP contribution in [0.1, 0.15) is 303 Å². The minimum absolute atomic E-state index is 0.0994. The fraction of sp³-hybridized carbons (Fsp3) is 0.746. The Morgan fingerprint density at radius 2 is 0.548 bits per heavy atom. The number of hydrogen-bond donors (Lipinski definition) is 0. The van der Waals surface area contributed by atoms with Crippen molar-refractivity contribution < 1.29 is 28.6 Å². The summed E-state index contributed by atoms with van der Waals surface area (Å²) >= 11 is 0. The van der Waals surface area contributed by atoms with Crippen molar-refractivity contribution in [2.45, 2.75) is 309 Å². The number of hydrogen-bond acceptors (Lipinski definition) is 6. The molecule has 0 aliphatic carbocycles. The van der Waals surface area contributed by atoms with Gasteiger partial charge in [0.15, 0.2) is 6.10 Å². The van der Waals surface area contributed by atoms with E-state index in [0.29, 0.717) is 19.3 Å². The lowest BCUT2D eigenvalue weighted by atomic mass is 10.0. The standard InChI is InChI=1S/C67H116O6/c1-4-7-10-13-16-19-22-25-28-31-32-33-34-37-39-42-45-48-51-54-57-60-66(69)72-63-64(73-67(70)61-58-55-52-49-46-43-40-36-30-27-24-21-18-15-12-9-6-3)62-71-65(68)59-56-53-50-47-44-41-38-35-29-26-23-20-17-14-11-8-5-2/h9,12,17-18,20-21,26-27,29-30,40,43,49,52,64H,4-8,10-11,13-16,19,22-25,28,31-39,41-42,44-48,50-51,53-63H2,1-3H3/b12-9-,20-17-,21-18-,29-26-,30-27-,43-40-,52-49-. The molecular formula is C67H116O6. The number of carbonyl (C=O) groups is 3. The third kappa shape index (κ3) is 59.3. The first-order valence-electron chi connectivity index (χ1n) is 31.1. The highest BCUT2D eigenvalue weighted by atomic mass is 16.6. The van der Waals surface area contributed by atoms with Crippen LogP contribution >= 0.6 is 0 Å². The summed E-state index contributed by atoms with van der Waals surface area (Å²) in [5.74, 6) is -0.955. The van der Waals surface area contributed by atoms with Crippen LogP contribution < -0.4 is 0 Å². The van der Waals surface area contributed by atoms with Crippen LogP contribution in [0.3, 0.4) is 0 Å². The maximum absolute atomic E-state index is 12.9. The van der Waals surface area contributed by atoms with Gasteiger partial charge in [-0.25, -0.2) is 0 Å². The highest BCUT2D eigenvalue weighted by Crippen LogP contribution is 2.17. The van der Waals surface area contributed by atoms with Gasteiger partial charge in [0.05, 0.1) is 0 Å². The first-order valence-corrected chi connectivity index (χ1v) is 31.1. The number of esters is 3. The van der Waals surface area contributed by atoms with Gasteiger partial charge < -0.3 is 14.2 Å². The third-order valence-electron chi connectivity index (χ3n) is 13.4. The number of carbonyl (C=O) groups excluding carboxylic acids is 3. The second-order valence-electron chi connectivity index (χ2n) is 20.6. The predicted molar refractivity (Wildman–Crippen MR) is 316 cm³/mol. The average Bonchev–Trinajstić information content (AvgIpc) is 3.39. The molecular weight excluding hydrogens is 901 g/mol. The molecule has 1 atom stereocenters. The Kier molecular flexibility index (Phi) is 58.3. The van der Waals surface area contributed by atoms with Gasteiger partial charge in [0, 0.05) is 19.3 Å². The average molecular weight is 1020 g/mol. The minimum Gasteiger partial charge on any atom is -0.462 e. The van der Waals surface area contributed by atoms with Crippen molar-refractivity contribution in [3.8, 4) is 0 Å². The number of ether oxygens (including phenoxy) is 3. The number of allylic oxidation sites excluding steroid dienone is 14. The molecule has 0 bridgehead atoms. The summed E-state index contributed by atoms with van der Waals surface area (Å²) in [5, 5.41) is 0. The Hall–Kier alpha value is -3.41. The van der Waals surface area contributed by atoms with Crippen LogP contribution in [0.2, 0.25) is 0 Å². The SMILES string of the molecule is CC/C=C\C/C=C\C/C=C\C/C=C\C/C=C\CCCC(=O)OC(COC(=O)CCCCCCCCC/C=C\C/C=C\CCCCC)COC(=O)CCCCCCCCCCCCCCCCCCCCCCC. The Morgan fingerprint density at radius 3 is 0.904 bits per heavy atom. The predicted octanol–water partition coefficient (Wildman–Crippen LogP) is 21.1. The molecule has 1 unspecified atom stereocenters. The number of rotatable bonds is 56. The van der Waals surface area contributed by atoms with E-state index in [0.717, 1.165) is 89.9 Å². The van der Waals surface area contributed by atoms with Crippen molar-refractivity contribution in [2.24, 2.45) is 0 Å². The van der Waals surface area contributed by atoms with Crippen LogP contribution in [0.15, 0.2) is 85.1 Å². The zero-order valence-corrected chi connectivity index (χ0v) is 48.1. The summed E-state index contributed by atoms with van der Waals surface area (Å²) in [6, 6.07) is 0. The minimum atomic E-state index is -0.810. The van der Waals surface area contributed by atoms with E-state index in [9.17, 15) is 14.4 Å². The summed E-state index contributed by atoms with van der Waals surface area (Å²) in [6.45, 7) is 6.48. The smallest absolute Gasteiger partial charge is 0.306 e. The molecule has 0 rings (SSSR count). The molecule has 6 heteroatoms. The highest BCUT2D eigenvalue weighted by Gasteiger charge is 2.19. The van der Waals surface area contributed by atoms with E-state index in [4.69, 9.17) is 14.2 Å². The molecule has 0 spiro atoms. The first-order chi connectivity index (χ1) is 36.0. The zero-order chi connectivity index (χ0) is 52.9. The van der Waals surface area contributed by atoms with Crippen molar-refractivity contribution in [1.29, 1.82) is 0 Å². The van der Waals surface area contributed by atoms with Gasteiger partial charge in [-0.05, 0) is 89.9 Å². The molecule has 0 aliphatic rings. The van der Waals surface area contributed by atoms with E-state index in [-0.39, 0.29) is 37.5 Å². The lowest BCUT2D eigenvalue weighted by Crippen LogP contribution is -2.30. The van der Waals surface area contributed by atoms with Gasteiger partial charge in [0.1, 0.15) is 13.2 Å². The molecule has 0 fully saturated rings. The molecule has 0 saturated carbocycles. The largest absolute Gasteiger partial charge is 0.462 e. The van der Waals surface area contributed by atoms with Crippen LogP contribution in [0.25, 0.3) is 0 Å². The molecule has 0 aromatic heterocycles. The molecule has 6 nitrogen and oxygen atoms in total. The van der Waals surface area contributed by atoms with Crippen LogP contribution in [0, 0.1) is 0 Å².